The first-order valence-corrected chi connectivity index (χ1v) is 7.78. The molecule has 1 aromatic heterocycles. The fourth-order valence-electron chi connectivity index (χ4n) is 2.53. The zero-order valence-electron chi connectivity index (χ0n) is 13.4. The zero-order chi connectivity index (χ0) is 16.9. The van der Waals surface area contributed by atoms with Gasteiger partial charge in [0.2, 0.25) is 12.7 Å². The van der Waals surface area contributed by atoms with Crippen molar-refractivity contribution in [1.29, 1.82) is 0 Å². The Labute approximate surface area is 139 Å². The van der Waals surface area contributed by atoms with Gasteiger partial charge in [-0.1, -0.05) is 6.07 Å². The summed E-state index contributed by atoms with van der Waals surface area (Å²) in [6.07, 6.45) is 3.50. The Balaban J connectivity index is 1.62. The number of nitrogens with one attached hydrogen (secondary N) is 1. The molecular formula is C18H18N2O4. The maximum Gasteiger partial charge on any atom is 0.231 e. The molecule has 1 aliphatic heterocycles. The van der Waals surface area contributed by atoms with Gasteiger partial charge in [0.15, 0.2) is 17.3 Å². The number of aromatic nitrogens is 1. The van der Waals surface area contributed by atoms with E-state index in [1.165, 1.54) is 6.92 Å². The van der Waals surface area contributed by atoms with E-state index < -0.39 is 0 Å². The standard InChI is InChI=1S/C18H18N2O4/c1-12(21)14-9-16-17(24-11-23-16)10-15(14)20-18(22)7-4-6-13-5-2-3-8-19-13/h2-3,5,8-10H,4,6-7,11H2,1H3,(H,20,22). The van der Waals surface area contributed by atoms with Crippen LogP contribution in [0.5, 0.6) is 11.5 Å². The lowest BCUT2D eigenvalue weighted by atomic mass is 10.1. The number of hydrogen-bond acceptors (Lipinski definition) is 5. The predicted molar refractivity (Wildman–Crippen MR) is 88.4 cm³/mol. The molecule has 0 spiro atoms. The highest BCUT2D eigenvalue weighted by Crippen LogP contribution is 2.37. The molecule has 0 atom stereocenters. The van der Waals surface area contributed by atoms with Crippen LogP contribution in [0.2, 0.25) is 0 Å². The summed E-state index contributed by atoms with van der Waals surface area (Å²) in [5.41, 5.74) is 1.82. The number of ketones is 1. The number of anilines is 1. The number of rotatable bonds is 6. The number of ether oxygens (including phenoxy) is 2. The Kier molecular flexibility index (Phi) is 4.74. The molecule has 1 aromatic carbocycles. The maximum atomic E-state index is 12.2. The lowest BCUT2D eigenvalue weighted by Gasteiger charge is -2.10. The Hall–Kier alpha value is -2.89. The lowest BCUT2D eigenvalue weighted by Crippen LogP contribution is -2.14. The molecule has 0 bridgehead atoms. The largest absolute Gasteiger partial charge is 0.454 e. The third-order valence-electron chi connectivity index (χ3n) is 3.73. The van der Waals surface area contributed by atoms with Crippen LogP contribution in [0, 0.1) is 0 Å². The maximum absolute atomic E-state index is 12.2. The van der Waals surface area contributed by atoms with E-state index in [9.17, 15) is 9.59 Å². The Morgan fingerprint density at radius 1 is 1.21 bits per heavy atom. The number of hydrogen-bond donors (Lipinski definition) is 1. The molecule has 124 valence electrons. The lowest BCUT2D eigenvalue weighted by molar-refractivity contribution is -0.116. The van der Waals surface area contributed by atoms with Crippen molar-refractivity contribution in [1.82, 2.24) is 4.98 Å². The molecule has 3 rings (SSSR count). The van der Waals surface area contributed by atoms with Gasteiger partial charge >= 0.3 is 0 Å². The molecule has 1 aliphatic rings. The van der Waals surface area contributed by atoms with Crippen LogP contribution in [0.1, 0.15) is 35.8 Å². The van der Waals surface area contributed by atoms with Gasteiger partial charge in [0.25, 0.3) is 0 Å². The molecule has 6 heteroatoms. The van der Waals surface area contributed by atoms with Crippen LogP contribution in [0.4, 0.5) is 5.69 Å². The average molecular weight is 326 g/mol. The van der Waals surface area contributed by atoms with E-state index in [1.807, 2.05) is 18.2 Å². The quantitative estimate of drug-likeness (QED) is 0.826. The first-order valence-electron chi connectivity index (χ1n) is 7.78. The predicted octanol–water partition coefficient (Wildman–Crippen LogP) is 2.97. The van der Waals surface area contributed by atoms with Crippen LogP contribution < -0.4 is 14.8 Å². The topological polar surface area (TPSA) is 77.5 Å². The Morgan fingerprint density at radius 3 is 2.71 bits per heavy atom. The second-order valence-electron chi connectivity index (χ2n) is 5.53. The number of benzene rings is 1. The van der Waals surface area contributed by atoms with Gasteiger partial charge in [0.05, 0.1) is 5.69 Å². The van der Waals surface area contributed by atoms with Crippen molar-refractivity contribution in [3.8, 4) is 11.5 Å². The highest BCUT2D eigenvalue weighted by Gasteiger charge is 2.20. The van der Waals surface area contributed by atoms with E-state index in [0.29, 0.717) is 35.6 Å². The van der Waals surface area contributed by atoms with Gasteiger partial charge in [-0.3, -0.25) is 14.6 Å². The van der Waals surface area contributed by atoms with Gasteiger partial charge in [-0.05, 0) is 38.0 Å². The molecule has 1 amide bonds. The SMILES string of the molecule is CC(=O)c1cc2c(cc1NC(=O)CCCc1ccccn1)OCO2. The summed E-state index contributed by atoms with van der Waals surface area (Å²) in [6, 6.07) is 8.96. The third-order valence-corrected chi connectivity index (χ3v) is 3.73. The number of Topliss-reactive ketones (excluding diaryl/α,β-unsaturated/α-hetero) is 1. The highest BCUT2D eigenvalue weighted by molar-refractivity contribution is 6.04. The zero-order valence-corrected chi connectivity index (χ0v) is 13.4. The summed E-state index contributed by atoms with van der Waals surface area (Å²) in [5, 5.41) is 2.79. The Morgan fingerprint density at radius 2 is 2.00 bits per heavy atom. The van der Waals surface area contributed by atoms with E-state index >= 15 is 0 Å². The van der Waals surface area contributed by atoms with Gasteiger partial charge < -0.3 is 14.8 Å². The second kappa shape index (κ2) is 7.12. The second-order valence-corrected chi connectivity index (χ2v) is 5.53. The van der Waals surface area contributed by atoms with Crippen molar-refractivity contribution < 1.29 is 19.1 Å². The van der Waals surface area contributed by atoms with Gasteiger partial charge in [-0.25, -0.2) is 0 Å². The molecule has 0 saturated heterocycles. The van der Waals surface area contributed by atoms with Crippen molar-refractivity contribution in [3.63, 3.8) is 0 Å². The summed E-state index contributed by atoms with van der Waals surface area (Å²) in [6.45, 7) is 1.57. The number of aryl methyl sites for hydroxylation is 1. The van der Waals surface area contributed by atoms with Crippen LogP contribution in [0.3, 0.4) is 0 Å². The molecule has 2 heterocycles. The smallest absolute Gasteiger partial charge is 0.231 e. The molecule has 6 nitrogen and oxygen atoms in total. The minimum Gasteiger partial charge on any atom is -0.454 e. The van der Waals surface area contributed by atoms with Crippen LogP contribution >= 0.6 is 0 Å². The Bertz CT molecular complexity index is 759. The minimum absolute atomic E-state index is 0.119. The number of carbonyl (C=O) groups is 2. The number of nitrogens with zero attached hydrogens (tertiary/aromatic N) is 1. The molecule has 1 N–H and O–H groups in total. The van der Waals surface area contributed by atoms with Gasteiger partial charge in [-0.15, -0.1) is 0 Å². The van der Waals surface area contributed by atoms with E-state index in [4.69, 9.17) is 9.47 Å². The summed E-state index contributed by atoms with van der Waals surface area (Å²) >= 11 is 0. The van der Waals surface area contributed by atoms with E-state index in [1.54, 1.807) is 18.3 Å². The first kappa shape index (κ1) is 16.0. The van der Waals surface area contributed by atoms with Gasteiger partial charge in [0.1, 0.15) is 0 Å². The number of carbonyl (C=O) groups excluding carboxylic acids is 2. The highest BCUT2D eigenvalue weighted by atomic mass is 16.7. The summed E-state index contributed by atoms with van der Waals surface area (Å²) in [5.74, 6) is 0.765. The van der Waals surface area contributed by atoms with Gasteiger partial charge in [0, 0.05) is 29.9 Å². The molecule has 0 aliphatic carbocycles. The van der Waals surface area contributed by atoms with Crippen molar-refractivity contribution >= 4 is 17.4 Å². The summed E-state index contributed by atoms with van der Waals surface area (Å²) in [4.78, 5) is 28.2. The van der Waals surface area contributed by atoms with Gasteiger partial charge in [-0.2, -0.15) is 0 Å². The van der Waals surface area contributed by atoms with Crippen LogP contribution in [-0.2, 0) is 11.2 Å². The molecule has 0 fully saturated rings. The summed E-state index contributed by atoms with van der Waals surface area (Å²) < 4.78 is 10.6. The van der Waals surface area contributed by atoms with Crippen molar-refractivity contribution in [2.24, 2.45) is 0 Å². The normalized spacial score (nSPS) is 12.0. The van der Waals surface area contributed by atoms with Crippen molar-refractivity contribution in [2.45, 2.75) is 26.2 Å². The number of amides is 1. The molecule has 0 radical (unpaired) electrons. The van der Waals surface area contributed by atoms with Crippen LogP contribution in [0.25, 0.3) is 0 Å². The van der Waals surface area contributed by atoms with Crippen LogP contribution in [0.15, 0.2) is 36.5 Å². The molecule has 2 aromatic rings. The molecule has 0 saturated carbocycles. The fourth-order valence-corrected chi connectivity index (χ4v) is 2.53. The fraction of sp³-hybridized carbons (Fsp3) is 0.278. The third kappa shape index (κ3) is 3.71. The molecular weight excluding hydrogens is 308 g/mol. The van der Waals surface area contributed by atoms with Crippen LogP contribution in [-0.4, -0.2) is 23.5 Å². The number of fused-ring (bicyclic) bond motifs is 1. The molecule has 0 unspecified atom stereocenters. The van der Waals surface area contributed by atoms with Crippen molar-refractivity contribution in [3.05, 3.63) is 47.8 Å². The monoisotopic (exact) mass is 326 g/mol. The summed E-state index contributed by atoms with van der Waals surface area (Å²) in [7, 11) is 0. The van der Waals surface area contributed by atoms with E-state index in [-0.39, 0.29) is 18.5 Å². The first-order chi connectivity index (χ1) is 11.6. The number of pyridine rings is 1. The molecule has 24 heavy (non-hydrogen) atoms. The van der Waals surface area contributed by atoms with E-state index in [2.05, 4.69) is 10.3 Å². The van der Waals surface area contributed by atoms with Crippen molar-refractivity contribution in [2.75, 3.05) is 12.1 Å². The van der Waals surface area contributed by atoms with E-state index in [0.717, 1.165) is 12.1 Å². The average Bonchev–Trinajstić information content (AvgIpc) is 3.02. The minimum atomic E-state index is -0.146.